The zero-order chi connectivity index (χ0) is 22.1. The number of hydrogen-bond donors (Lipinski definition) is 1. The average molecular weight is 427 g/mol. The molecule has 0 bridgehead atoms. The first-order chi connectivity index (χ1) is 14.0. The second-order valence-electron chi connectivity index (χ2n) is 8.25. The van der Waals surface area contributed by atoms with E-state index in [0.717, 1.165) is 0 Å². The third kappa shape index (κ3) is 5.00. The van der Waals surface area contributed by atoms with Gasteiger partial charge in [0.05, 0.1) is 12.4 Å². The highest BCUT2D eigenvalue weighted by molar-refractivity contribution is 5.93. The van der Waals surface area contributed by atoms with Crippen LogP contribution in [-0.2, 0) is 4.74 Å². The van der Waals surface area contributed by atoms with Crippen LogP contribution in [0.15, 0.2) is 24.8 Å². The van der Waals surface area contributed by atoms with E-state index in [0.29, 0.717) is 5.65 Å². The summed E-state index contributed by atoms with van der Waals surface area (Å²) in [4.78, 5) is 34.0. The van der Waals surface area contributed by atoms with Gasteiger partial charge in [0, 0.05) is 25.5 Å². The lowest BCUT2D eigenvalue weighted by molar-refractivity contribution is -0.168. The molecule has 0 aromatic carbocycles. The van der Waals surface area contributed by atoms with Gasteiger partial charge >= 0.3 is 12.3 Å². The first-order valence-corrected chi connectivity index (χ1v) is 9.58. The van der Waals surface area contributed by atoms with Crippen molar-refractivity contribution in [3.8, 4) is 0 Å². The van der Waals surface area contributed by atoms with Gasteiger partial charge < -0.3 is 15.0 Å². The summed E-state index contributed by atoms with van der Waals surface area (Å²) in [5.74, 6) is -1.72. The van der Waals surface area contributed by atoms with Crippen molar-refractivity contribution < 1.29 is 27.5 Å². The lowest BCUT2D eigenvalue weighted by Gasteiger charge is -2.37. The number of piperidine rings is 1. The summed E-state index contributed by atoms with van der Waals surface area (Å²) in [6.45, 7) is 5.43. The maximum absolute atomic E-state index is 13.7. The highest BCUT2D eigenvalue weighted by Crippen LogP contribution is 2.32. The maximum Gasteiger partial charge on any atom is 0.410 e. The van der Waals surface area contributed by atoms with Gasteiger partial charge in [-0.25, -0.2) is 9.78 Å². The number of rotatable bonds is 3. The minimum absolute atomic E-state index is 0.00663. The summed E-state index contributed by atoms with van der Waals surface area (Å²) in [6.07, 6.45) is 0.513. The normalized spacial score (nSPS) is 17.1. The summed E-state index contributed by atoms with van der Waals surface area (Å²) in [7, 11) is 0. The zero-order valence-corrected chi connectivity index (χ0v) is 16.9. The maximum atomic E-state index is 13.7. The van der Waals surface area contributed by atoms with Crippen LogP contribution in [0.3, 0.4) is 0 Å². The number of halogens is 3. The van der Waals surface area contributed by atoms with Gasteiger partial charge in [0.2, 0.25) is 0 Å². The third-order valence-electron chi connectivity index (χ3n) is 4.85. The smallest absolute Gasteiger partial charge is 0.410 e. The first-order valence-electron chi connectivity index (χ1n) is 9.58. The average Bonchev–Trinajstić information content (AvgIpc) is 3.08. The fraction of sp³-hybridized carbons (Fsp3) is 0.579. The molecule has 8 nitrogen and oxygen atoms in total. The van der Waals surface area contributed by atoms with E-state index in [9.17, 15) is 22.8 Å². The van der Waals surface area contributed by atoms with Crippen molar-refractivity contribution in [2.75, 3.05) is 13.1 Å². The molecule has 0 radical (unpaired) electrons. The molecule has 2 aromatic rings. The fourth-order valence-electron chi connectivity index (χ4n) is 3.43. The van der Waals surface area contributed by atoms with Crippen molar-refractivity contribution in [1.82, 2.24) is 24.6 Å². The van der Waals surface area contributed by atoms with Crippen LogP contribution in [0.5, 0.6) is 0 Å². The molecule has 1 aliphatic rings. The number of aromatic nitrogens is 3. The molecule has 3 rings (SSSR count). The van der Waals surface area contributed by atoms with Crippen LogP contribution in [-0.4, -0.2) is 62.2 Å². The number of nitrogens with one attached hydrogen (secondary N) is 1. The highest BCUT2D eigenvalue weighted by Gasteiger charge is 2.47. The van der Waals surface area contributed by atoms with Crippen molar-refractivity contribution in [3.05, 3.63) is 30.5 Å². The molecule has 30 heavy (non-hydrogen) atoms. The Morgan fingerprint density at radius 3 is 2.47 bits per heavy atom. The second-order valence-corrected chi connectivity index (χ2v) is 8.25. The van der Waals surface area contributed by atoms with Gasteiger partial charge in [-0.1, -0.05) is 0 Å². The Labute approximate surface area is 171 Å². The van der Waals surface area contributed by atoms with E-state index in [-0.39, 0.29) is 31.6 Å². The molecular formula is C19H24F3N5O3. The van der Waals surface area contributed by atoms with E-state index in [4.69, 9.17) is 4.74 Å². The number of alkyl halides is 3. The van der Waals surface area contributed by atoms with Crippen molar-refractivity contribution in [1.29, 1.82) is 0 Å². The minimum Gasteiger partial charge on any atom is -0.444 e. The van der Waals surface area contributed by atoms with Crippen LogP contribution >= 0.6 is 0 Å². The van der Waals surface area contributed by atoms with Crippen molar-refractivity contribution in [2.45, 2.75) is 51.4 Å². The van der Waals surface area contributed by atoms with E-state index >= 15 is 0 Å². The van der Waals surface area contributed by atoms with Crippen molar-refractivity contribution in [3.63, 3.8) is 0 Å². The van der Waals surface area contributed by atoms with Crippen LogP contribution < -0.4 is 5.32 Å². The first kappa shape index (κ1) is 21.8. The zero-order valence-electron chi connectivity index (χ0n) is 16.9. The van der Waals surface area contributed by atoms with Crippen molar-refractivity contribution in [2.24, 2.45) is 5.92 Å². The molecule has 1 atom stereocenters. The quantitative estimate of drug-likeness (QED) is 0.814. The van der Waals surface area contributed by atoms with E-state index < -0.39 is 35.7 Å². The summed E-state index contributed by atoms with van der Waals surface area (Å²) >= 11 is 0. The fourth-order valence-corrected chi connectivity index (χ4v) is 3.43. The van der Waals surface area contributed by atoms with E-state index in [2.05, 4.69) is 15.3 Å². The number of carbonyl (C=O) groups is 2. The lowest BCUT2D eigenvalue weighted by atomic mass is 9.89. The topological polar surface area (TPSA) is 88.8 Å². The highest BCUT2D eigenvalue weighted by atomic mass is 19.4. The van der Waals surface area contributed by atoms with Crippen LogP contribution in [0.25, 0.3) is 5.65 Å². The number of hydrogen-bond acceptors (Lipinski definition) is 5. The molecule has 0 spiro atoms. The second kappa shape index (κ2) is 8.11. The molecule has 2 aromatic heterocycles. The summed E-state index contributed by atoms with van der Waals surface area (Å²) in [5.41, 5.74) is -0.329. The van der Waals surface area contributed by atoms with Gasteiger partial charge in [-0.3, -0.25) is 14.2 Å². The number of ether oxygens (including phenoxy) is 1. The van der Waals surface area contributed by atoms with Gasteiger partial charge in [-0.05, 0) is 39.5 Å². The molecule has 0 aliphatic carbocycles. The van der Waals surface area contributed by atoms with Crippen molar-refractivity contribution >= 4 is 17.6 Å². The van der Waals surface area contributed by atoms with Crippen LogP contribution in [0.2, 0.25) is 0 Å². The minimum atomic E-state index is -4.63. The number of nitrogens with zero attached hydrogens (tertiary/aromatic N) is 4. The molecule has 1 saturated heterocycles. The molecular weight excluding hydrogens is 403 g/mol. The molecule has 3 heterocycles. The molecule has 2 amide bonds. The molecule has 0 saturated carbocycles. The standard InChI is InChI=1S/C19H24F3N5O3/c1-18(2,3)30-17(29)26-7-4-12(5-8-26)15(19(20,21)22)25-16(28)13-10-24-14-11-23-6-9-27(13)14/h6,9-12,15H,4-5,7-8H2,1-3H3,(H,25,28). The Bertz CT molecular complexity index is 914. The SMILES string of the molecule is CC(C)(C)OC(=O)N1CCC(C(NC(=O)c2cnc3cnccn23)C(F)(F)F)CC1. The predicted octanol–water partition coefficient (Wildman–Crippen LogP) is 3.04. The summed E-state index contributed by atoms with van der Waals surface area (Å²) in [5, 5.41) is 2.12. The van der Waals surface area contributed by atoms with Gasteiger partial charge in [0.25, 0.3) is 5.91 Å². The van der Waals surface area contributed by atoms with E-state index in [1.54, 1.807) is 20.8 Å². The Kier molecular flexibility index (Phi) is 5.91. The largest absolute Gasteiger partial charge is 0.444 e. The number of likely N-dealkylation sites (tertiary alicyclic amines) is 1. The third-order valence-corrected chi connectivity index (χ3v) is 4.85. The Hall–Kier alpha value is -2.85. The molecule has 1 aliphatic heterocycles. The summed E-state index contributed by atoms with van der Waals surface area (Å²) < 4.78 is 47.9. The lowest BCUT2D eigenvalue weighted by Crippen LogP contribution is -2.53. The van der Waals surface area contributed by atoms with E-state index in [1.807, 2.05) is 0 Å². The molecule has 11 heteroatoms. The summed E-state index contributed by atoms with van der Waals surface area (Å²) in [6, 6.07) is -2.03. The van der Waals surface area contributed by atoms with Gasteiger partial charge in [0.15, 0.2) is 5.65 Å². The van der Waals surface area contributed by atoms with Crippen LogP contribution in [0.4, 0.5) is 18.0 Å². The van der Waals surface area contributed by atoms with E-state index in [1.165, 1.54) is 34.1 Å². The van der Waals surface area contributed by atoms with Gasteiger partial charge in [-0.15, -0.1) is 0 Å². The molecule has 1 unspecified atom stereocenters. The number of amides is 2. The number of carbonyl (C=O) groups excluding carboxylic acids is 2. The van der Waals surface area contributed by atoms with Gasteiger partial charge in [-0.2, -0.15) is 13.2 Å². The Balaban J connectivity index is 1.69. The Morgan fingerprint density at radius 2 is 1.87 bits per heavy atom. The number of fused-ring (bicyclic) bond motifs is 1. The van der Waals surface area contributed by atoms with Gasteiger partial charge in [0.1, 0.15) is 17.3 Å². The molecule has 164 valence electrons. The Morgan fingerprint density at radius 1 is 1.20 bits per heavy atom. The van der Waals surface area contributed by atoms with Crippen LogP contribution in [0, 0.1) is 5.92 Å². The molecule has 1 N–H and O–H groups in total. The monoisotopic (exact) mass is 427 g/mol. The molecule has 1 fully saturated rings. The number of imidazole rings is 1. The van der Waals surface area contributed by atoms with Crippen LogP contribution in [0.1, 0.15) is 44.1 Å². The predicted molar refractivity (Wildman–Crippen MR) is 101 cm³/mol.